The van der Waals surface area contributed by atoms with Crippen molar-refractivity contribution in [3.8, 4) is 22.5 Å². The molecule has 6 aromatic rings. The fourth-order valence-electron chi connectivity index (χ4n) is 17.7. The summed E-state index contributed by atoms with van der Waals surface area (Å²) in [5.41, 5.74) is 3.74. The van der Waals surface area contributed by atoms with E-state index >= 15 is 0 Å². The quantitative estimate of drug-likeness (QED) is 0.0236. The van der Waals surface area contributed by atoms with E-state index in [2.05, 4.69) is 46.9 Å². The third-order valence-corrected chi connectivity index (χ3v) is 25.8. The number of para-hydroxylation sites is 1. The number of benzene rings is 3. The maximum absolute atomic E-state index is 15.0. The zero-order valence-electron chi connectivity index (χ0n) is 74.9. The normalized spacial score (nSPS) is 23.8. The molecule has 0 aliphatic carbocycles. The first kappa shape index (κ1) is 102. The molecular formula is C88H127N15O25S. The van der Waals surface area contributed by atoms with Crippen molar-refractivity contribution in [1.82, 2.24) is 70.9 Å². The topological polar surface area (TPSA) is 550 Å². The minimum absolute atomic E-state index is 0.00670. The number of thiazole rings is 1. The number of aliphatic carboxylic acids is 1. The van der Waals surface area contributed by atoms with Crippen LogP contribution >= 0.6 is 11.3 Å². The summed E-state index contributed by atoms with van der Waals surface area (Å²) >= 11 is 1.46. The van der Waals surface area contributed by atoms with Gasteiger partial charge in [-0.2, -0.15) is 0 Å². The molecular weight excluding hydrogens is 1700 g/mol. The van der Waals surface area contributed by atoms with E-state index in [1.807, 2.05) is 49.6 Å². The number of likely N-dealkylation sites (tertiary alicyclic amines) is 1. The SMILES string of the molecule is CCC(C)C(C(CC(=O)N1CCCC1C(OC)C(C)C(=O)NC(Cc1ccccc1)c1nccs1)OC)N(C)C(=O)C(NC(=O)C(C(C)C)N(C)CC(O)C(O)C(O)C(O)Cn1cc(CCNC(=O)CCC(=O)N2Cc3ccccc3-c3nnn(CC(O)C(O)C4OC(OCC5OC(OC)C(O)C(O)C5O)(C(=O)O)CC(O)C4NC(C)=O)c3-c3ccccc32)nn1)C(C)C. The number of aliphatic hydroxyl groups is 10. The molecule has 24 unspecified atom stereocenters. The molecule has 3 saturated heterocycles. The number of aliphatic hydroxyl groups excluding tert-OH is 10. The number of aromatic nitrogens is 7. The lowest BCUT2D eigenvalue weighted by molar-refractivity contribution is -0.336. The first-order valence-corrected chi connectivity index (χ1v) is 44.5. The van der Waals surface area contributed by atoms with Gasteiger partial charge in [0.15, 0.2) is 6.29 Å². The lowest BCUT2D eigenvalue weighted by atomic mass is 9.88. The van der Waals surface area contributed by atoms with Crippen molar-refractivity contribution in [3.63, 3.8) is 0 Å². The second-order valence-corrected chi connectivity index (χ2v) is 35.5. The van der Waals surface area contributed by atoms with Crippen LogP contribution in [-0.2, 0) is 99.3 Å². The maximum Gasteiger partial charge on any atom is 0.364 e. The summed E-state index contributed by atoms with van der Waals surface area (Å²) in [6, 6.07) is 18.4. The Balaban J connectivity index is 0.706. The van der Waals surface area contributed by atoms with Gasteiger partial charge in [0.2, 0.25) is 41.4 Å². The van der Waals surface area contributed by atoms with Crippen molar-refractivity contribution in [3.05, 3.63) is 118 Å². The number of anilines is 1. The monoisotopic (exact) mass is 1830 g/mol. The molecule has 7 heterocycles. The first-order valence-electron chi connectivity index (χ1n) is 43.6. The van der Waals surface area contributed by atoms with Gasteiger partial charge in [0, 0.05) is 110 Å². The number of amides is 7. The average Bonchev–Trinajstić information content (AvgIpc) is 1.71. The molecule has 0 saturated carbocycles. The summed E-state index contributed by atoms with van der Waals surface area (Å²) in [4.78, 5) is 123. The number of fused-ring (bicyclic) bond motifs is 5. The molecule has 0 spiro atoms. The number of methoxy groups -OCH3 is 3. The molecule has 4 aliphatic rings. The number of carboxylic acids is 1. The summed E-state index contributed by atoms with van der Waals surface area (Å²) < 4.78 is 36.9. The Hall–Kier alpha value is -9.35. The lowest BCUT2D eigenvalue weighted by Crippen LogP contribution is -2.68. The summed E-state index contributed by atoms with van der Waals surface area (Å²) in [6.07, 6.45) is -21.0. The van der Waals surface area contributed by atoms with Crippen molar-refractivity contribution in [2.45, 2.75) is 267 Å². The number of carbonyl (C=O) groups excluding carboxylic acids is 7. The highest BCUT2D eigenvalue weighted by atomic mass is 32.1. The van der Waals surface area contributed by atoms with Gasteiger partial charge in [0.05, 0.1) is 110 Å². The fourth-order valence-corrected chi connectivity index (χ4v) is 18.4. The van der Waals surface area contributed by atoms with Crippen molar-refractivity contribution in [2.24, 2.45) is 23.7 Å². The minimum Gasteiger partial charge on any atom is -0.477 e. The summed E-state index contributed by atoms with van der Waals surface area (Å²) in [5, 5.41) is 154. The number of likely N-dealkylation sites (N-methyl/N-ethyl adjacent to an activating group) is 2. The first-order chi connectivity index (χ1) is 61.4. The van der Waals surface area contributed by atoms with Crippen molar-refractivity contribution in [2.75, 3.05) is 66.6 Å². The Kier molecular flexibility index (Phi) is 36.4. The fraction of sp³-hybridized carbons (Fsp3) is 0.625. The predicted octanol–water partition coefficient (Wildman–Crippen LogP) is -0.165. The summed E-state index contributed by atoms with van der Waals surface area (Å²) in [6.45, 7) is 12.1. The smallest absolute Gasteiger partial charge is 0.364 e. The zero-order chi connectivity index (χ0) is 94.2. The van der Waals surface area contributed by atoms with Gasteiger partial charge < -0.3 is 121 Å². The van der Waals surface area contributed by atoms with Gasteiger partial charge in [-0.25, -0.2) is 19.1 Å². The maximum atomic E-state index is 15.0. The van der Waals surface area contributed by atoms with E-state index < -0.39 is 213 Å². The number of carbonyl (C=O) groups is 8. The van der Waals surface area contributed by atoms with E-state index in [-0.39, 0.29) is 68.7 Å². The molecule has 0 radical (unpaired) electrons. The largest absolute Gasteiger partial charge is 0.477 e. The van der Waals surface area contributed by atoms with E-state index in [0.717, 1.165) is 24.6 Å². The number of hydrogen-bond acceptors (Lipinski definition) is 31. The number of carboxylic acid groups (broad SMARTS) is 1. The zero-order valence-corrected chi connectivity index (χ0v) is 75.8. The number of rotatable bonds is 44. The Labute approximate surface area is 752 Å². The van der Waals surface area contributed by atoms with Crippen LogP contribution < -0.4 is 26.2 Å². The molecule has 7 amide bonds. The molecule has 3 aromatic carbocycles. The van der Waals surface area contributed by atoms with Crippen LogP contribution in [0, 0.1) is 23.7 Å². The van der Waals surface area contributed by atoms with Gasteiger partial charge in [0.25, 0.3) is 5.79 Å². The standard InChI is InChI=1S/C88H127N15O25S/c1-14-48(6)72(63(123-11)38-67(111)101-35-22-29-58(101)80(124-12)49(7)82(118)92-56(84-90-34-36-129-84)37-51-23-16-15-17-24-51)99(10)85(120)68(46(2)3)93-83(119)71(47(4)5)98(9)42-60(106)74(112)75(113)61(107)43-100-41-53(94-96-100)32-33-89-65(109)30-31-66(110)102-40-52-25-18-19-26-54(52)69-73(55-27-20-21-28-57(55)102)103(97-95-69)44-62(108)76(114)81-70(91-50(8)104)59(105)39-88(128-81,87(121)122)126-45-64-77(115)78(116)79(117)86(125-13)127-64/h15-21,23-28,34,36,41,46-49,56,58-64,68,70-72,74-81,86,105-108,112-117H,14,22,29-33,35,37-40,42-45H2,1-13H3,(H,89,109)(H,91,104)(H,92,118)(H,93,119)(H,121,122). The lowest BCUT2D eigenvalue weighted by Gasteiger charge is -2.47. The van der Waals surface area contributed by atoms with Crippen LogP contribution in [0.3, 0.4) is 0 Å². The van der Waals surface area contributed by atoms with Crippen molar-refractivity contribution in [1.29, 1.82) is 0 Å². The molecule has 40 nitrogen and oxygen atoms in total. The number of nitrogens with one attached hydrogen (secondary N) is 4. The molecule has 710 valence electrons. The van der Waals surface area contributed by atoms with E-state index in [1.54, 1.807) is 120 Å². The Morgan fingerprint density at radius 3 is 2.10 bits per heavy atom. The third kappa shape index (κ3) is 24.5. The van der Waals surface area contributed by atoms with Crippen LogP contribution in [0.15, 0.2) is 96.6 Å². The Morgan fingerprint density at radius 2 is 1.45 bits per heavy atom. The number of hydrogen-bond donors (Lipinski definition) is 15. The van der Waals surface area contributed by atoms with Gasteiger partial charge in [-0.1, -0.05) is 138 Å². The molecule has 0 bridgehead atoms. The van der Waals surface area contributed by atoms with E-state index in [0.29, 0.717) is 66.0 Å². The highest BCUT2D eigenvalue weighted by molar-refractivity contribution is 7.09. The predicted molar refractivity (Wildman–Crippen MR) is 464 cm³/mol. The van der Waals surface area contributed by atoms with Crippen LogP contribution in [0.5, 0.6) is 0 Å². The molecule has 3 fully saturated rings. The number of ether oxygens (including phenoxy) is 6. The highest BCUT2D eigenvalue weighted by Gasteiger charge is 2.58. The molecule has 3 aromatic heterocycles. The van der Waals surface area contributed by atoms with Gasteiger partial charge >= 0.3 is 5.97 Å². The third-order valence-electron chi connectivity index (χ3n) is 24.9. The van der Waals surface area contributed by atoms with Crippen molar-refractivity contribution >= 4 is 64.3 Å². The molecule has 24 atom stereocenters. The van der Waals surface area contributed by atoms with Crippen LogP contribution in [0.1, 0.15) is 128 Å². The van der Waals surface area contributed by atoms with Gasteiger partial charge in [-0.3, -0.25) is 38.5 Å². The van der Waals surface area contributed by atoms with E-state index in [1.165, 1.54) is 43.8 Å². The van der Waals surface area contributed by atoms with Crippen LogP contribution in [-0.4, -0.2) is 343 Å². The molecule has 129 heavy (non-hydrogen) atoms. The molecule has 15 N–H and O–H groups in total. The second kappa shape index (κ2) is 46.1. The van der Waals surface area contributed by atoms with Crippen molar-refractivity contribution < 1.29 is 123 Å². The number of nitrogens with zero attached hydrogens (tertiary/aromatic N) is 11. The van der Waals surface area contributed by atoms with Gasteiger partial charge in [-0.15, -0.1) is 21.5 Å². The Bertz CT molecular complexity index is 4690. The molecule has 4 aliphatic heterocycles. The highest BCUT2D eigenvalue weighted by Crippen LogP contribution is 2.43. The molecule has 10 rings (SSSR count). The Morgan fingerprint density at radius 1 is 0.760 bits per heavy atom. The van der Waals surface area contributed by atoms with E-state index in [9.17, 15) is 94.5 Å². The molecule has 41 heteroatoms. The van der Waals surface area contributed by atoms with Crippen LogP contribution in [0.2, 0.25) is 0 Å². The van der Waals surface area contributed by atoms with Gasteiger partial charge in [-0.05, 0) is 61.3 Å². The van der Waals surface area contributed by atoms with Gasteiger partial charge in [0.1, 0.15) is 77.8 Å². The minimum atomic E-state index is -2.85. The van der Waals surface area contributed by atoms with E-state index in [4.69, 9.17) is 28.4 Å². The van der Waals surface area contributed by atoms with Crippen LogP contribution in [0.25, 0.3) is 22.5 Å². The second-order valence-electron chi connectivity index (χ2n) is 34.6. The summed E-state index contributed by atoms with van der Waals surface area (Å²) in [7, 11) is 7.36. The van der Waals surface area contributed by atoms with Crippen LogP contribution in [0.4, 0.5) is 5.69 Å². The average molecular weight is 1830 g/mol. The summed E-state index contributed by atoms with van der Waals surface area (Å²) in [5.74, 6) is -9.64.